The lowest BCUT2D eigenvalue weighted by Crippen LogP contribution is -2.28. The van der Waals surface area contributed by atoms with Crippen molar-refractivity contribution in [2.45, 2.75) is 26.3 Å². The minimum Gasteiger partial charge on any atom is -0.478 e. The van der Waals surface area contributed by atoms with Crippen LogP contribution in [0.1, 0.15) is 35.8 Å². The number of nitrogens with zero attached hydrogens (tertiary/aromatic N) is 2. The maximum atomic E-state index is 11.3. The summed E-state index contributed by atoms with van der Waals surface area (Å²) in [4.78, 5) is 29.8. The molecule has 0 saturated heterocycles. The average molecular weight is 266 g/mol. The van der Waals surface area contributed by atoms with Crippen LogP contribution < -0.4 is 10.6 Å². The molecule has 1 aromatic heterocycles. The molecule has 104 valence electrons. The molecule has 0 bridgehead atoms. The SMILES string of the molecule is CCCNC(=O)CCNCc1ncncc1C(=O)O. The van der Waals surface area contributed by atoms with Gasteiger partial charge in [0.15, 0.2) is 0 Å². The molecule has 0 spiro atoms. The van der Waals surface area contributed by atoms with Crippen LogP contribution in [0.4, 0.5) is 0 Å². The van der Waals surface area contributed by atoms with E-state index in [1.807, 2.05) is 6.92 Å². The van der Waals surface area contributed by atoms with Crippen LogP contribution >= 0.6 is 0 Å². The number of carboxylic acid groups (broad SMARTS) is 1. The second-order valence-corrected chi connectivity index (χ2v) is 3.96. The van der Waals surface area contributed by atoms with Crippen LogP contribution in [0.2, 0.25) is 0 Å². The number of aromatic carboxylic acids is 1. The minimum absolute atomic E-state index is 0.0181. The predicted octanol–water partition coefficient (Wildman–Crippen LogP) is 0.181. The Bertz CT molecular complexity index is 437. The Morgan fingerprint density at radius 1 is 1.37 bits per heavy atom. The summed E-state index contributed by atoms with van der Waals surface area (Å²) in [6, 6.07) is 0. The lowest BCUT2D eigenvalue weighted by Gasteiger charge is -2.06. The van der Waals surface area contributed by atoms with Gasteiger partial charge < -0.3 is 15.7 Å². The monoisotopic (exact) mass is 266 g/mol. The summed E-state index contributed by atoms with van der Waals surface area (Å²) in [6.45, 7) is 3.43. The molecule has 0 aliphatic rings. The highest BCUT2D eigenvalue weighted by Gasteiger charge is 2.10. The van der Waals surface area contributed by atoms with E-state index >= 15 is 0 Å². The number of carbonyl (C=O) groups is 2. The third-order valence-corrected chi connectivity index (χ3v) is 2.42. The Hall–Kier alpha value is -2.02. The molecule has 0 saturated carbocycles. The predicted molar refractivity (Wildman–Crippen MR) is 68.6 cm³/mol. The Kier molecular flexibility index (Phi) is 6.45. The van der Waals surface area contributed by atoms with Crippen LogP contribution in [0.5, 0.6) is 0 Å². The van der Waals surface area contributed by atoms with Gasteiger partial charge in [0.2, 0.25) is 5.91 Å². The number of nitrogens with one attached hydrogen (secondary N) is 2. The van der Waals surface area contributed by atoms with Crippen LogP contribution in [0.25, 0.3) is 0 Å². The van der Waals surface area contributed by atoms with E-state index in [9.17, 15) is 9.59 Å². The normalized spacial score (nSPS) is 10.2. The van der Waals surface area contributed by atoms with E-state index in [4.69, 9.17) is 5.11 Å². The highest BCUT2D eigenvalue weighted by Crippen LogP contribution is 2.02. The molecular weight excluding hydrogens is 248 g/mol. The summed E-state index contributed by atoms with van der Waals surface area (Å²) in [7, 11) is 0. The first-order chi connectivity index (χ1) is 9.15. The third kappa shape index (κ3) is 5.43. The van der Waals surface area contributed by atoms with Crippen molar-refractivity contribution in [3.63, 3.8) is 0 Å². The van der Waals surface area contributed by atoms with Gasteiger partial charge >= 0.3 is 5.97 Å². The quantitative estimate of drug-likeness (QED) is 0.580. The van der Waals surface area contributed by atoms with Gasteiger partial charge in [0.1, 0.15) is 11.9 Å². The number of carboxylic acids is 1. The van der Waals surface area contributed by atoms with E-state index in [1.165, 1.54) is 12.5 Å². The van der Waals surface area contributed by atoms with Gasteiger partial charge in [-0.3, -0.25) is 4.79 Å². The molecule has 1 aromatic rings. The summed E-state index contributed by atoms with van der Waals surface area (Å²) in [6.07, 6.45) is 3.83. The van der Waals surface area contributed by atoms with E-state index in [0.717, 1.165) is 6.42 Å². The van der Waals surface area contributed by atoms with E-state index < -0.39 is 5.97 Å². The zero-order chi connectivity index (χ0) is 14.1. The van der Waals surface area contributed by atoms with E-state index in [-0.39, 0.29) is 11.5 Å². The van der Waals surface area contributed by atoms with Gasteiger partial charge in [0.05, 0.1) is 5.69 Å². The van der Waals surface area contributed by atoms with Crippen molar-refractivity contribution >= 4 is 11.9 Å². The van der Waals surface area contributed by atoms with Gasteiger partial charge in [0.25, 0.3) is 0 Å². The van der Waals surface area contributed by atoms with Crippen molar-refractivity contribution < 1.29 is 14.7 Å². The zero-order valence-corrected chi connectivity index (χ0v) is 10.8. The van der Waals surface area contributed by atoms with E-state index in [1.54, 1.807) is 0 Å². The zero-order valence-electron chi connectivity index (χ0n) is 10.8. The van der Waals surface area contributed by atoms with Crippen LogP contribution in [0.3, 0.4) is 0 Å². The molecule has 1 heterocycles. The largest absolute Gasteiger partial charge is 0.478 e. The summed E-state index contributed by atoms with van der Waals surface area (Å²) in [5.74, 6) is -1.08. The number of rotatable bonds is 8. The van der Waals surface area contributed by atoms with Crippen LogP contribution in [0.15, 0.2) is 12.5 Å². The molecule has 0 aliphatic carbocycles. The third-order valence-electron chi connectivity index (χ3n) is 2.42. The first-order valence-corrected chi connectivity index (χ1v) is 6.14. The number of hydrogen-bond donors (Lipinski definition) is 3. The highest BCUT2D eigenvalue weighted by atomic mass is 16.4. The molecule has 0 aliphatic heterocycles. The second kappa shape index (κ2) is 8.15. The molecule has 0 radical (unpaired) electrons. The molecular formula is C12H18N4O3. The van der Waals surface area contributed by atoms with Crippen molar-refractivity contribution in [1.29, 1.82) is 0 Å². The number of amides is 1. The molecule has 0 aromatic carbocycles. The van der Waals surface area contributed by atoms with Gasteiger partial charge in [0, 0.05) is 32.3 Å². The number of hydrogen-bond acceptors (Lipinski definition) is 5. The summed E-state index contributed by atoms with van der Waals surface area (Å²) >= 11 is 0. The summed E-state index contributed by atoms with van der Waals surface area (Å²) in [5, 5.41) is 14.7. The first kappa shape index (κ1) is 15.0. The standard InChI is InChI=1S/C12H18N4O3/c1-2-4-15-11(17)3-5-13-7-10-9(12(18)19)6-14-8-16-10/h6,8,13H,2-5,7H2,1H3,(H,15,17)(H,18,19). The Morgan fingerprint density at radius 3 is 2.84 bits per heavy atom. The molecule has 1 amide bonds. The number of carbonyl (C=O) groups excluding carboxylic acids is 1. The maximum absolute atomic E-state index is 11.3. The van der Waals surface area contributed by atoms with Crippen molar-refractivity contribution in [2.75, 3.05) is 13.1 Å². The highest BCUT2D eigenvalue weighted by molar-refractivity contribution is 5.88. The molecule has 1 rings (SSSR count). The molecule has 0 unspecified atom stereocenters. The van der Waals surface area contributed by atoms with Crippen LogP contribution in [-0.2, 0) is 11.3 Å². The molecule has 0 atom stereocenters. The number of aromatic nitrogens is 2. The van der Waals surface area contributed by atoms with Crippen molar-refractivity contribution in [3.05, 3.63) is 23.8 Å². The van der Waals surface area contributed by atoms with E-state index in [0.29, 0.717) is 31.7 Å². The Balaban J connectivity index is 2.33. The molecule has 7 nitrogen and oxygen atoms in total. The topological polar surface area (TPSA) is 104 Å². The minimum atomic E-state index is -1.06. The Morgan fingerprint density at radius 2 is 2.16 bits per heavy atom. The second-order valence-electron chi connectivity index (χ2n) is 3.96. The van der Waals surface area contributed by atoms with Gasteiger partial charge in [-0.1, -0.05) is 6.92 Å². The molecule has 3 N–H and O–H groups in total. The molecule has 7 heteroatoms. The van der Waals surface area contributed by atoms with Gasteiger partial charge in [-0.05, 0) is 6.42 Å². The average Bonchev–Trinajstić information content (AvgIpc) is 2.41. The fourth-order valence-electron chi connectivity index (χ4n) is 1.44. The van der Waals surface area contributed by atoms with Gasteiger partial charge in [-0.25, -0.2) is 14.8 Å². The first-order valence-electron chi connectivity index (χ1n) is 6.14. The van der Waals surface area contributed by atoms with Crippen molar-refractivity contribution in [1.82, 2.24) is 20.6 Å². The van der Waals surface area contributed by atoms with Gasteiger partial charge in [-0.15, -0.1) is 0 Å². The van der Waals surface area contributed by atoms with Crippen molar-refractivity contribution in [2.24, 2.45) is 0 Å². The smallest absolute Gasteiger partial charge is 0.339 e. The van der Waals surface area contributed by atoms with Crippen LogP contribution in [0, 0.1) is 0 Å². The molecule has 19 heavy (non-hydrogen) atoms. The summed E-state index contributed by atoms with van der Waals surface area (Å²) in [5.41, 5.74) is 0.488. The lowest BCUT2D eigenvalue weighted by atomic mass is 10.2. The van der Waals surface area contributed by atoms with E-state index in [2.05, 4.69) is 20.6 Å². The fraction of sp³-hybridized carbons (Fsp3) is 0.500. The lowest BCUT2D eigenvalue weighted by molar-refractivity contribution is -0.121. The Labute approximate surface area is 111 Å². The summed E-state index contributed by atoms with van der Waals surface area (Å²) < 4.78 is 0. The van der Waals surface area contributed by atoms with Gasteiger partial charge in [-0.2, -0.15) is 0 Å². The van der Waals surface area contributed by atoms with Crippen molar-refractivity contribution in [3.8, 4) is 0 Å². The maximum Gasteiger partial charge on any atom is 0.339 e. The van der Waals surface area contributed by atoms with Crippen LogP contribution in [-0.4, -0.2) is 40.0 Å². The molecule has 0 fully saturated rings. The fourth-order valence-corrected chi connectivity index (χ4v) is 1.44.